The first-order valence-electron chi connectivity index (χ1n) is 8.57. The van der Waals surface area contributed by atoms with Crippen LogP contribution in [0.3, 0.4) is 0 Å². The summed E-state index contributed by atoms with van der Waals surface area (Å²) in [5.41, 5.74) is 1.06. The molecule has 3 atom stereocenters. The fraction of sp³-hybridized carbons (Fsp3) is 0.611. The molecule has 0 saturated carbocycles. The first kappa shape index (κ1) is 18.9. The lowest BCUT2D eigenvalue weighted by Gasteiger charge is -2.35. The number of carbonyl (C=O) groups is 1. The fourth-order valence-electron chi connectivity index (χ4n) is 2.95. The minimum atomic E-state index is -0.848. The van der Waals surface area contributed by atoms with Crippen LogP contribution in [0.4, 0.5) is 0 Å². The summed E-state index contributed by atoms with van der Waals surface area (Å²) >= 11 is 0. The van der Waals surface area contributed by atoms with Gasteiger partial charge in [-0.15, -0.1) is 0 Å². The molecule has 0 bridgehead atoms. The number of nitrogens with zero attached hydrogens (tertiary/aromatic N) is 1. The van der Waals surface area contributed by atoms with Crippen molar-refractivity contribution in [1.82, 2.24) is 10.2 Å². The van der Waals surface area contributed by atoms with E-state index >= 15 is 0 Å². The van der Waals surface area contributed by atoms with Crippen molar-refractivity contribution in [2.75, 3.05) is 32.8 Å². The molecular formula is C18H28N2O4. The van der Waals surface area contributed by atoms with Gasteiger partial charge in [0.05, 0.1) is 25.9 Å². The predicted molar refractivity (Wildman–Crippen MR) is 91.3 cm³/mol. The molecule has 24 heavy (non-hydrogen) atoms. The summed E-state index contributed by atoms with van der Waals surface area (Å²) in [6.45, 7) is 4.71. The van der Waals surface area contributed by atoms with E-state index in [-0.39, 0.29) is 25.0 Å². The van der Waals surface area contributed by atoms with Crippen LogP contribution < -0.4 is 5.32 Å². The third-order valence-corrected chi connectivity index (χ3v) is 4.23. The Kier molecular flexibility index (Phi) is 7.65. The molecule has 6 nitrogen and oxygen atoms in total. The lowest BCUT2D eigenvalue weighted by molar-refractivity contribution is -0.130. The quantitative estimate of drug-likeness (QED) is 0.639. The number of hydrogen-bond donors (Lipinski definition) is 3. The van der Waals surface area contributed by atoms with E-state index in [0.717, 1.165) is 18.5 Å². The van der Waals surface area contributed by atoms with E-state index in [4.69, 9.17) is 4.74 Å². The van der Waals surface area contributed by atoms with Gasteiger partial charge in [0.25, 0.3) is 0 Å². The summed E-state index contributed by atoms with van der Waals surface area (Å²) in [5, 5.41) is 22.7. The Morgan fingerprint density at radius 1 is 1.29 bits per heavy atom. The van der Waals surface area contributed by atoms with Crippen molar-refractivity contribution in [3.63, 3.8) is 0 Å². The molecular weight excluding hydrogens is 308 g/mol. The maximum atomic E-state index is 12.2. The van der Waals surface area contributed by atoms with Crippen LogP contribution in [0.1, 0.15) is 18.9 Å². The van der Waals surface area contributed by atoms with E-state index in [2.05, 4.69) is 12.2 Å². The third kappa shape index (κ3) is 5.87. The van der Waals surface area contributed by atoms with E-state index < -0.39 is 12.2 Å². The number of ether oxygens (including phenoxy) is 1. The van der Waals surface area contributed by atoms with Crippen LogP contribution >= 0.6 is 0 Å². The molecule has 1 aromatic rings. The minimum absolute atomic E-state index is 0.0425. The van der Waals surface area contributed by atoms with Crippen molar-refractivity contribution in [1.29, 1.82) is 0 Å². The number of carbonyl (C=O) groups excluding carboxylic acids is 1. The first-order chi connectivity index (χ1) is 11.6. The highest BCUT2D eigenvalue weighted by molar-refractivity contribution is 5.78. The summed E-state index contributed by atoms with van der Waals surface area (Å²) in [6.07, 6.45) is -0.734. The molecule has 1 heterocycles. The van der Waals surface area contributed by atoms with E-state index in [1.165, 1.54) is 0 Å². The van der Waals surface area contributed by atoms with Crippen LogP contribution in [0, 0.1) is 5.92 Å². The molecule has 1 amide bonds. The van der Waals surface area contributed by atoms with Gasteiger partial charge >= 0.3 is 0 Å². The summed E-state index contributed by atoms with van der Waals surface area (Å²) in [5.74, 6) is -0.221. The molecule has 134 valence electrons. The lowest BCUT2D eigenvalue weighted by atomic mass is 9.96. The normalized spacial score (nSPS) is 24.1. The van der Waals surface area contributed by atoms with Gasteiger partial charge in [-0.1, -0.05) is 37.3 Å². The van der Waals surface area contributed by atoms with Gasteiger partial charge in [-0.05, 0) is 18.5 Å². The zero-order valence-electron chi connectivity index (χ0n) is 14.2. The van der Waals surface area contributed by atoms with Crippen molar-refractivity contribution < 1.29 is 19.7 Å². The number of aliphatic hydroxyl groups excluding tert-OH is 2. The average Bonchev–Trinajstić information content (AvgIpc) is 2.58. The predicted octanol–water partition coefficient (Wildman–Crippen LogP) is 0.383. The standard InChI is InChI=1S/C18H28N2O4/c1-2-8-20(10-15-12-24-13-16(21)18(15)23)11-17(22)19-9-14-6-4-3-5-7-14/h3-7,15-16,18,21,23H,2,8-13H2,1H3,(H,19,22)/t15-,16-,18+/m1/s1. The Hall–Kier alpha value is -1.47. The molecule has 1 aliphatic rings. The summed E-state index contributed by atoms with van der Waals surface area (Å²) in [7, 11) is 0. The van der Waals surface area contributed by atoms with Crippen molar-refractivity contribution >= 4 is 5.91 Å². The van der Waals surface area contributed by atoms with Crippen LogP contribution in [0.15, 0.2) is 30.3 Å². The van der Waals surface area contributed by atoms with Crippen molar-refractivity contribution in [3.8, 4) is 0 Å². The van der Waals surface area contributed by atoms with Crippen molar-refractivity contribution in [2.24, 2.45) is 5.92 Å². The Labute approximate surface area is 143 Å². The molecule has 1 fully saturated rings. The molecule has 1 aromatic carbocycles. The molecule has 0 radical (unpaired) electrons. The average molecular weight is 336 g/mol. The molecule has 0 aliphatic carbocycles. The highest BCUT2D eigenvalue weighted by Crippen LogP contribution is 2.17. The van der Waals surface area contributed by atoms with E-state index in [1.54, 1.807) is 0 Å². The Morgan fingerprint density at radius 3 is 2.75 bits per heavy atom. The number of hydrogen-bond acceptors (Lipinski definition) is 5. The van der Waals surface area contributed by atoms with Crippen molar-refractivity contribution in [2.45, 2.75) is 32.1 Å². The molecule has 1 saturated heterocycles. The zero-order chi connectivity index (χ0) is 17.4. The maximum Gasteiger partial charge on any atom is 0.234 e. The third-order valence-electron chi connectivity index (χ3n) is 4.23. The number of rotatable bonds is 8. The molecule has 0 aromatic heterocycles. The fourth-order valence-corrected chi connectivity index (χ4v) is 2.95. The summed E-state index contributed by atoms with van der Waals surface area (Å²) in [6, 6.07) is 9.78. The molecule has 2 rings (SSSR count). The smallest absolute Gasteiger partial charge is 0.234 e. The molecule has 0 spiro atoms. The molecule has 1 aliphatic heterocycles. The van der Waals surface area contributed by atoms with Crippen molar-refractivity contribution in [3.05, 3.63) is 35.9 Å². The Morgan fingerprint density at radius 2 is 2.04 bits per heavy atom. The van der Waals surface area contributed by atoms with Crippen LogP contribution in [0.25, 0.3) is 0 Å². The van der Waals surface area contributed by atoms with Gasteiger partial charge in [0.2, 0.25) is 5.91 Å². The van der Waals surface area contributed by atoms with Gasteiger partial charge in [0, 0.05) is 19.0 Å². The largest absolute Gasteiger partial charge is 0.390 e. The Bertz CT molecular complexity index is 497. The van der Waals surface area contributed by atoms with Gasteiger partial charge in [-0.25, -0.2) is 0 Å². The van der Waals surface area contributed by atoms with Crippen LogP contribution in [-0.4, -0.2) is 66.1 Å². The topological polar surface area (TPSA) is 82.0 Å². The van der Waals surface area contributed by atoms with Gasteiger partial charge in [-0.2, -0.15) is 0 Å². The minimum Gasteiger partial charge on any atom is -0.390 e. The zero-order valence-corrected chi connectivity index (χ0v) is 14.2. The van der Waals surface area contributed by atoms with E-state index in [9.17, 15) is 15.0 Å². The van der Waals surface area contributed by atoms with Crippen LogP contribution in [0.5, 0.6) is 0 Å². The van der Waals surface area contributed by atoms with Gasteiger partial charge in [0.1, 0.15) is 6.10 Å². The molecule has 6 heteroatoms. The second-order valence-corrected chi connectivity index (χ2v) is 6.35. The SMILES string of the molecule is CCCN(CC(=O)NCc1ccccc1)C[C@@H]1COC[C@@H](O)[C@H]1O. The first-order valence-corrected chi connectivity index (χ1v) is 8.57. The van der Waals surface area contributed by atoms with E-state index in [0.29, 0.717) is 19.7 Å². The maximum absolute atomic E-state index is 12.2. The highest BCUT2D eigenvalue weighted by atomic mass is 16.5. The molecule has 0 unspecified atom stereocenters. The number of aliphatic hydroxyl groups is 2. The van der Waals surface area contributed by atoms with Gasteiger partial charge < -0.3 is 20.3 Å². The molecule has 3 N–H and O–H groups in total. The number of nitrogens with one attached hydrogen (secondary N) is 1. The van der Waals surface area contributed by atoms with E-state index in [1.807, 2.05) is 35.2 Å². The highest BCUT2D eigenvalue weighted by Gasteiger charge is 2.32. The number of benzene rings is 1. The lowest BCUT2D eigenvalue weighted by Crippen LogP contribution is -2.50. The monoisotopic (exact) mass is 336 g/mol. The summed E-state index contributed by atoms with van der Waals surface area (Å²) < 4.78 is 5.32. The second-order valence-electron chi connectivity index (χ2n) is 6.35. The van der Waals surface area contributed by atoms with Crippen LogP contribution in [0.2, 0.25) is 0 Å². The van der Waals surface area contributed by atoms with Gasteiger partial charge in [0.15, 0.2) is 0 Å². The second kappa shape index (κ2) is 9.74. The number of amides is 1. The Balaban J connectivity index is 1.82. The van der Waals surface area contributed by atoms with Gasteiger partial charge in [-0.3, -0.25) is 9.69 Å². The summed E-state index contributed by atoms with van der Waals surface area (Å²) in [4.78, 5) is 14.2. The van der Waals surface area contributed by atoms with Crippen LogP contribution in [-0.2, 0) is 16.1 Å².